The van der Waals surface area contributed by atoms with Crippen LogP contribution in [0.5, 0.6) is 0 Å². The third-order valence-electron chi connectivity index (χ3n) is 3.39. The molecule has 0 aromatic heterocycles. The summed E-state index contributed by atoms with van der Waals surface area (Å²) < 4.78 is 41.3. The number of hydrogen-bond donors (Lipinski definition) is 1. The van der Waals surface area contributed by atoms with Crippen molar-refractivity contribution < 1.29 is 17.5 Å². The molecule has 1 aromatic carbocycles. The average Bonchev–Trinajstić information content (AvgIpc) is 2.86. The summed E-state index contributed by atoms with van der Waals surface area (Å²) in [6.07, 6.45) is 1.17. The van der Waals surface area contributed by atoms with Crippen molar-refractivity contribution >= 4 is 9.84 Å². The number of hydrogen-bond acceptors (Lipinski definition) is 4. The molecule has 3 atom stereocenters. The molecule has 0 radical (unpaired) electrons. The fraction of sp³-hybridized carbons (Fsp3) is 0.500. The van der Waals surface area contributed by atoms with Crippen molar-refractivity contribution in [2.75, 3.05) is 20.0 Å². The molecule has 1 aliphatic carbocycles. The van der Waals surface area contributed by atoms with Gasteiger partial charge in [-0.3, -0.25) is 0 Å². The van der Waals surface area contributed by atoms with Crippen LogP contribution < -0.4 is 5.73 Å². The first-order valence-electron chi connectivity index (χ1n) is 5.53. The van der Waals surface area contributed by atoms with Crippen molar-refractivity contribution in [2.45, 2.75) is 16.7 Å². The van der Waals surface area contributed by atoms with Crippen molar-refractivity contribution in [3.63, 3.8) is 0 Å². The maximum absolute atomic E-state index is 12.9. The number of nitrogens with two attached hydrogens (primary N) is 1. The Morgan fingerprint density at radius 3 is 2.39 bits per heavy atom. The highest BCUT2D eigenvalue weighted by Gasteiger charge is 2.67. The number of halogens is 1. The Morgan fingerprint density at radius 1 is 1.39 bits per heavy atom. The molecule has 4 nitrogen and oxygen atoms in total. The zero-order valence-corrected chi connectivity index (χ0v) is 11.1. The molecule has 0 bridgehead atoms. The van der Waals surface area contributed by atoms with Crippen LogP contribution in [0.2, 0.25) is 0 Å². The molecule has 1 aliphatic rings. The predicted molar refractivity (Wildman–Crippen MR) is 66.6 cm³/mol. The summed E-state index contributed by atoms with van der Waals surface area (Å²) in [4.78, 5) is 0. The van der Waals surface area contributed by atoms with Crippen LogP contribution in [0, 0.1) is 5.82 Å². The van der Waals surface area contributed by atoms with Crippen LogP contribution in [-0.2, 0) is 14.6 Å². The van der Waals surface area contributed by atoms with Gasteiger partial charge in [0.2, 0.25) is 0 Å². The van der Waals surface area contributed by atoms with E-state index in [2.05, 4.69) is 0 Å². The predicted octanol–water partition coefficient (Wildman–Crippen LogP) is 0.680. The first kappa shape index (κ1) is 13.5. The highest BCUT2D eigenvalue weighted by molar-refractivity contribution is 7.91. The van der Waals surface area contributed by atoms with Crippen molar-refractivity contribution in [1.82, 2.24) is 0 Å². The van der Waals surface area contributed by atoms with Gasteiger partial charge in [-0.2, -0.15) is 0 Å². The third-order valence-corrected chi connectivity index (χ3v) is 5.02. The lowest BCUT2D eigenvalue weighted by Gasteiger charge is -2.10. The zero-order valence-electron chi connectivity index (χ0n) is 10.3. The Morgan fingerprint density at radius 2 is 1.94 bits per heavy atom. The summed E-state index contributed by atoms with van der Waals surface area (Å²) in [5.41, 5.74) is 5.92. The molecule has 2 N–H and O–H groups in total. The Hall–Kier alpha value is -0.980. The molecule has 0 saturated heterocycles. The van der Waals surface area contributed by atoms with Crippen molar-refractivity contribution in [3.05, 3.63) is 35.6 Å². The van der Waals surface area contributed by atoms with E-state index in [1.54, 1.807) is 12.1 Å². The lowest BCUT2D eigenvalue weighted by atomic mass is 10.1. The van der Waals surface area contributed by atoms with Gasteiger partial charge in [0.25, 0.3) is 0 Å². The van der Waals surface area contributed by atoms with Gasteiger partial charge >= 0.3 is 0 Å². The van der Waals surface area contributed by atoms with Crippen LogP contribution in [0.15, 0.2) is 24.3 Å². The first-order chi connectivity index (χ1) is 8.30. The smallest absolute Gasteiger partial charge is 0.152 e. The molecular weight excluding hydrogens is 257 g/mol. The molecule has 1 aromatic rings. The third kappa shape index (κ3) is 2.15. The standard InChI is InChI=1S/C12H16FNO3S/c1-17-7-12(14)10(11(12)18(2,15)16)8-3-5-9(13)6-4-8/h3-6,10-11H,7,14H2,1-2H3/t10-,11+,12+/m1/s1. The molecule has 0 spiro atoms. The van der Waals surface area contributed by atoms with Gasteiger partial charge in [0, 0.05) is 19.3 Å². The van der Waals surface area contributed by atoms with E-state index in [-0.39, 0.29) is 18.3 Å². The number of sulfone groups is 1. The minimum atomic E-state index is -3.27. The summed E-state index contributed by atoms with van der Waals surface area (Å²) in [6, 6.07) is 5.76. The molecule has 0 heterocycles. The molecule has 1 saturated carbocycles. The number of methoxy groups -OCH3 is 1. The van der Waals surface area contributed by atoms with Crippen LogP contribution in [0.1, 0.15) is 11.5 Å². The van der Waals surface area contributed by atoms with Gasteiger partial charge in [0.05, 0.1) is 17.4 Å². The second kappa shape index (κ2) is 4.29. The first-order valence-corrected chi connectivity index (χ1v) is 7.48. The van der Waals surface area contributed by atoms with Gasteiger partial charge in [-0.1, -0.05) is 12.1 Å². The van der Waals surface area contributed by atoms with E-state index in [1.165, 1.54) is 25.5 Å². The van der Waals surface area contributed by atoms with Crippen LogP contribution in [-0.4, -0.2) is 39.2 Å². The van der Waals surface area contributed by atoms with Crippen molar-refractivity contribution in [3.8, 4) is 0 Å². The monoisotopic (exact) mass is 273 g/mol. The summed E-state index contributed by atoms with van der Waals surface area (Å²) >= 11 is 0. The summed E-state index contributed by atoms with van der Waals surface area (Å²) in [5, 5.41) is -0.671. The SMILES string of the molecule is COC[C@]1(N)[C@H](c2ccc(F)cc2)[C@@H]1S(C)(=O)=O. The lowest BCUT2D eigenvalue weighted by molar-refractivity contribution is 0.171. The van der Waals surface area contributed by atoms with Crippen LogP contribution in [0.3, 0.4) is 0 Å². The molecule has 0 unspecified atom stereocenters. The minimum Gasteiger partial charge on any atom is -0.383 e. The Kier molecular flexibility index (Phi) is 3.21. The molecule has 0 aliphatic heterocycles. The molecular formula is C12H16FNO3S. The van der Waals surface area contributed by atoms with Gasteiger partial charge in [-0.25, -0.2) is 12.8 Å². The normalized spacial score (nSPS) is 31.3. The van der Waals surface area contributed by atoms with Gasteiger partial charge in [-0.05, 0) is 17.7 Å². The van der Waals surface area contributed by atoms with E-state index in [0.29, 0.717) is 0 Å². The molecule has 6 heteroatoms. The van der Waals surface area contributed by atoms with Gasteiger partial charge in [0.15, 0.2) is 9.84 Å². The van der Waals surface area contributed by atoms with Crippen LogP contribution in [0.4, 0.5) is 4.39 Å². The summed E-state index contributed by atoms with van der Waals surface area (Å²) in [6.45, 7) is 0.160. The lowest BCUT2D eigenvalue weighted by Crippen LogP contribution is -2.35. The van der Waals surface area contributed by atoms with Crippen LogP contribution in [0.25, 0.3) is 0 Å². The second-order valence-electron chi connectivity index (χ2n) is 4.82. The quantitative estimate of drug-likeness (QED) is 0.876. The molecule has 18 heavy (non-hydrogen) atoms. The highest BCUT2D eigenvalue weighted by atomic mass is 32.2. The number of rotatable bonds is 4. The minimum absolute atomic E-state index is 0.160. The van der Waals surface area contributed by atoms with E-state index in [0.717, 1.165) is 5.56 Å². The van der Waals surface area contributed by atoms with E-state index in [9.17, 15) is 12.8 Å². The van der Waals surface area contributed by atoms with E-state index >= 15 is 0 Å². The second-order valence-corrected chi connectivity index (χ2v) is 6.99. The Labute approximate surface area is 106 Å². The maximum Gasteiger partial charge on any atom is 0.152 e. The fourth-order valence-corrected chi connectivity index (χ4v) is 4.48. The highest BCUT2D eigenvalue weighted by Crippen LogP contribution is 2.53. The van der Waals surface area contributed by atoms with E-state index < -0.39 is 20.6 Å². The summed E-state index contributed by atoms with van der Waals surface area (Å²) in [7, 11) is -1.79. The van der Waals surface area contributed by atoms with Crippen molar-refractivity contribution in [1.29, 1.82) is 0 Å². The Bertz CT molecular complexity index is 543. The molecule has 2 rings (SSSR count). The fourth-order valence-electron chi connectivity index (χ4n) is 2.65. The molecule has 0 amide bonds. The van der Waals surface area contributed by atoms with Crippen molar-refractivity contribution in [2.24, 2.45) is 5.73 Å². The van der Waals surface area contributed by atoms with Gasteiger partial charge < -0.3 is 10.5 Å². The molecule has 100 valence electrons. The zero-order chi connectivity index (χ0) is 13.6. The number of ether oxygens (including phenoxy) is 1. The number of benzene rings is 1. The summed E-state index contributed by atoms with van der Waals surface area (Å²) in [5.74, 6) is -0.697. The average molecular weight is 273 g/mol. The van der Waals surface area contributed by atoms with Gasteiger partial charge in [0.1, 0.15) is 5.82 Å². The van der Waals surface area contributed by atoms with E-state index in [4.69, 9.17) is 10.5 Å². The molecule has 1 fully saturated rings. The van der Waals surface area contributed by atoms with E-state index in [1.807, 2.05) is 0 Å². The topological polar surface area (TPSA) is 69.4 Å². The van der Waals surface area contributed by atoms with Crippen LogP contribution >= 0.6 is 0 Å². The van der Waals surface area contributed by atoms with Gasteiger partial charge in [-0.15, -0.1) is 0 Å². The maximum atomic E-state index is 12.9. The Balaban J connectivity index is 2.35. The largest absolute Gasteiger partial charge is 0.383 e.